The van der Waals surface area contributed by atoms with Crippen molar-refractivity contribution in [3.05, 3.63) is 0 Å². The number of hydrogen-bond acceptors (Lipinski definition) is 6. The third-order valence-corrected chi connectivity index (χ3v) is 2.35. The van der Waals surface area contributed by atoms with Crippen LogP contribution in [0.3, 0.4) is 0 Å². The Hall–Kier alpha value is -0.240. The summed E-state index contributed by atoms with van der Waals surface area (Å²) < 4.78 is 4.67. The number of aliphatic hydroxyl groups is 5. The molecule has 0 bridgehead atoms. The van der Waals surface area contributed by atoms with E-state index >= 15 is 0 Å². The zero-order valence-electron chi connectivity index (χ0n) is 7.11. The first-order valence-corrected chi connectivity index (χ1v) is 3.93. The van der Waals surface area contributed by atoms with Crippen molar-refractivity contribution < 1.29 is 30.3 Å². The Balaban J connectivity index is 2.79. The number of ether oxygens (including phenoxy) is 1. The van der Waals surface area contributed by atoms with E-state index in [0.29, 0.717) is 0 Å². The third-order valence-electron chi connectivity index (χ3n) is 2.35. The quantitative estimate of drug-likeness (QED) is 0.301. The second-order valence-corrected chi connectivity index (χ2v) is 3.15. The van der Waals surface area contributed by atoms with Crippen LogP contribution in [-0.4, -0.2) is 69.3 Å². The van der Waals surface area contributed by atoms with Crippen LogP contribution in [0.25, 0.3) is 0 Å². The molecule has 1 rings (SSSR count). The monoisotopic (exact) mass is 194 g/mol. The molecule has 1 aliphatic rings. The fourth-order valence-corrected chi connectivity index (χ4v) is 1.48. The van der Waals surface area contributed by atoms with Crippen LogP contribution in [0, 0.1) is 0 Å². The summed E-state index contributed by atoms with van der Waals surface area (Å²) in [7, 11) is 1.23. The Kier molecular flexibility index (Phi) is 3.23. The molecule has 1 aliphatic carbocycles. The first-order valence-electron chi connectivity index (χ1n) is 3.93. The summed E-state index contributed by atoms with van der Waals surface area (Å²) in [5.41, 5.74) is 0. The topological polar surface area (TPSA) is 110 Å². The van der Waals surface area contributed by atoms with Crippen molar-refractivity contribution in [2.75, 3.05) is 7.11 Å². The van der Waals surface area contributed by atoms with E-state index in [1.165, 1.54) is 7.11 Å². The van der Waals surface area contributed by atoms with Crippen molar-refractivity contribution in [2.45, 2.75) is 36.6 Å². The molecule has 1 fully saturated rings. The molecule has 6 nitrogen and oxygen atoms in total. The normalized spacial score (nSPS) is 52.2. The lowest BCUT2D eigenvalue weighted by Gasteiger charge is -2.40. The molecular weight excluding hydrogens is 180 g/mol. The van der Waals surface area contributed by atoms with Gasteiger partial charge in [-0.25, -0.2) is 0 Å². The third kappa shape index (κ3) is 1.69. The molecular formula is C7H14O6. The molecule has 0 aromatic carbocycles. The highest BCUT2D eigenvalue weighted by Gasteiger charge is 2.48. The van der Waals surface area contributed by atoms with Crippen LogP contribution in [-0.2, 0) is 4.74 Å². The maximum atomic E-state index is 9.29. The molecule has 13 heavy (non-hydrogen) atoms. The fraction of sp³-hybridized carbons (Fsp3) is 1.00. The van der Waals surface area contributed by atoms with Crippen LogP contribution in [0.2, 0.25) is 0 Å². The summed E-state index contributed by atoms with van der Waals surface area (Å²) >= 11 is 0. The van der Waals surface area contributed by atoms with Gasteiger partial charge in [0.25, 0.3) is 0 Å². The highest BCUT2D eigenvalue weighted by Crippen LogP contribution is 2.23. The van der Waals surface area contributed by atoms with Gasteiger partial charge in [0.05, 0.1) is 0 Å². The summed E-state index contributed by atoms with van der Waals surface area (Å²) in [5, 5.41) is 46.1. The molecule has 0 aromatic heterocycles. The molecule has 0 saturated heterocycles. The summed E-state index contributed by atoms with van der Waals surface area (Å²) in [5.74, 6) is 0. The number of hydrogen-bond donors (Lipinski definition) is 5. The zero-order valence-corrected chi connectivity index (χ0v) is 7.11. The molecule has 1 saturated carbocycles. The molecule has 0 spiro atoms. The van der Waals surface area contributed by atoms with Crippen LogP contribution in [0.1, 0.15) is 0 Å². The molecule has 0 radical (unpaired) electrons. The summed E-state index contributed by atoms with van der Waals surface area (Å²) in [6, 6.07) is 0. The van der Waals surface area contributed by atoms with Crippen LogP contribution in [0.4, 0.5) is 0 Å². The molecule has 2 unspecified atom stereocenters. The highest BCUT2D eigenvalue weighted by molar-refractivity contribution is 4.99. The Morgan fingerprint density at radius 1 is 0.692 bits per heavy atom. The molecule has 0 aliphatic heterocycles. The van der Waals surface area contributed by atoms with Crippen molar-refractivity contribution in [3.63, 3.8) is 0 Å². The predicted molar refractivity (Wildman–Crippen MR) is 40.8 cm³/mol. The van der Waals surface area contributed by atoms with Gasteiger partial charge in [-0.2, -0.15) is 0 Å². The summed E-state index contributed by atoms with van der Waals surface area (Å²) in [4.78, 5) is 0. The lowest BCUT2D eigenvalue weighted by atomic mass is 9.85. The molecule has 78 valence electrons. The minimum atomic E-state index is -1.56. The molecule has 6 atom stereocenters. The highest BCUT2D eigenvalue weighted by atomic mass is 16.5. The van der Waals surface area contributed by atoms with E-state index in [1.54, 1.807) is 0 Å². The number of methoxy groups -OCH3 is 1. The average Bonchev–Trinajstić information content (AvgIpc) is 2.13. The Bertz CT molecular complexity index is 158. The lowest BCUT2D eigenvalue weighted by Crippen LogP contribution is -2.64. The van der Waals surface area contributed by atoms with Gasteiger partial charge < -0.3 is 30.3 Å². The van der Waals surface area contributed by atoms with E-state index in [1.807, 2.05) is 0 Å². The van der Waals surface area contributed by atoms with Gasteiger partial charge in [-0.3, -0.25) is 0 Å². The zero-order chi connectivity index (χ0) is 10.2. The van der Waals surface area contributed by atoms with Gasteiger partial charge in [0.2, 0.25) is 0 Å². The van der Waals surface area contributed by atoms with Crippen molar-refractivity contribution in [1.82, 2.24) is 0 Å². The van der Waals surface area contributed by atoms with Crippen LogP contribution < -0.4 is 0 Å². The largest absolute Gasteiger partial charge is 0.387 e. The maximum Gasteiger partial charge on any atom is 0.114 e. The van der Waals surface area contributed by atoms with E-state index in [9.17, 15) is 20.4 Å². The maximum absolute atomic E-state index is 9.29. The van der Waals surface area contributed by atoms with Gasteiger partial charge in [0.15, 0.2) is 0 Å². The molecule has 5 N–H and O–H groups in total. The lowest BCUT2D eigenvalue weighted by molar-refractivity contribution is -0.229. The standard InChI is InChI=1S/C7H14O6/c1-13-7-5(11)3(9)2(8)4(10)6(7)12/h2-12H,1H3/t2?,3-,4-,5-,6+,7?/m1/s1. The number of aliphatic hydroxyl groups excluding tert-OH is 5. The van der Waals surface area contributed by atoms with Gasteiger partial charge in [-0.1, -0.05) is 0 Å². The summed E-state index contributed by atoms with van der Waals surface area (Å²) in [6.45, 7) is 0. The average molecular weight is 194 g/mol. The molecule has 0 heterocycles. The van der Waals surface area contributed by atoms with Gasteiger partial charge in [-0.05, 0) is 0 Å². The van der Waals surface area contributed by atoms with Crippen molar-refractivity contribution in [3.8, 4) is 0 Å². The van der Waals surface area contributed by atoms with Crippen LogP contribution >= 0.6 is 0 Å². The first-order chi connectivity index (χ1) is 6.00. The smallest absolute Gasteiger partial charge is 0.114 e. The van der Waals surface area contributed by atoms with Gasteiger partial charge in [0.1, 0.15) is 36.6 Å². The molecule has 0 aromatic rings. The minimum absolute atomic E-state index is 1.09. The van der Waals surface area contributed by atoms with E-state index in [0.717, 1.165) is 0 Å². The van der Waals surface area contributed by atoms with Crippen molar-refractivity contribution in [1.29, 1.82) is 0 Å². The second-order valence-electron chi connectivity index (χ2n) is 3.15. The predicted octanol–water partition coefficient (Wildman–Crippen LogP) is -3.18. The Labute approximate surface area is 75.0 Å². The number of rotatable bonds is 1. The minimum Gasteiger partial charge on any atom is -0.387 e. The van der Waals surface area contributed by atoms with Gasteiger partial charge in [-0.15, -0.1) is 0 Å². The first kappa shape index (κ1) is 10.8. The van der Waals surface area contributed by atoms with E-state index in [4.69, 9.17) is 5.11 Å². The van der Waals surface area contributed by atoms with Crippen molar-refractivity contribution in [2.24, 2.45) is 0 Å². The fourth-order valence-electron chi connectivity index (χ4n) is 1.48. The van der Waals surface area contributed by atoms with E-state index in [2.05, 4.69) is 4.74 Å². The van der Waals surface area contributed by atoms with Gasteiger partial charge in [0, 0.05) is 7.11 Å². The Morgan fingerprint density at radius 2 is 1.00 bits per heavy atom. The SMILES string of the molecule is COC1[C@@H](O)[C@H](O)C(O)[C@@H](O)[C@H]1O. The van der Waals surface area contributed by atoms with Crippen molar-refractivity contribution >= 4 is 0 Å². The van der Waals surface area contributed by atoms with E-state index in [-0.39, 0.29) is 0 Å². The van der Waals surface area contributed by atoms with Crippen LogP contribution in [0.15, 0.2) is 0 Å². The molecule has 0 amide bonds. The Morgan fingerprint density at radius 3 is 1.31 bits per heavy atom. The summed E-state index contributed by atoms with van der Waals surface area (Å²) in [6.07, 6.45) is -8.48. The second kappa shape index (κ2) is 3.87. The molecule has 6 heteroatoms. The van der Waals surface area contributed by atoms with E-state index < -0.39 is 36.6 Å². The van der Waals surface area contributed by atoms with Crippen LogP contribution in [0.5, 0.6) is 0 Å². The van der Waals surface area contributed by atoms with Gasteiger partial charge >= 0.3 is 0 Å².